The molecule has 1 aromatic rings. The number of hydrogen-bond acceptors (Lipinski definition) is 3. The average Bonchev–Trinajstić information content (AvgIpc) is 2.42. The Balaban J connectivity index is 2.08. The van der Waals surface area contributed by atoms with Crippen molar-refractivity contribution in [2.75, 3.05) is 13.1 Å². The molecule has 1 saturated heterocycles. The van der Waals surface area contributed by atoms with Gasteiger partial charge in [-0.2, -0.15) is 5.26 Å². The quantitative estimate of drug-likeness (QED) is 0.829. The van der Waals surface area contributed by atoms with Crippen molar-refractivity contribution >= 4 is 0 Å². The van der Waals surface area contributed by atoms with Crippen molar-refractivity contribution in [1.29, 1.82) is 5.26 Å². The highest BCUT2D eigenvalue weighted by atomic mass is 16.5. The summed E-state index contributed by atoms with van der Waals surface area (Å²) in [5.74, 6) is 0.870. The third-order valence-corrected chi connectivity index (χ3v) is 3.45. The van der Waals surface area contributed by atoms with Gasteiger partial charge in [0.1, 0.15) is 11.8 Å². The molecule has 0 radical (unpaired) electrons. The molecule has 0 amide bonds. The number of likely N-dealkylation sites (tertiary alicyclic amines) is 1. The lowest BCUT2D eigenvalue weighted by Crippen LogP contribution is -2.33. The van der Waals surface area contributed by atoms with Crippen LogP contribution in [0.2, 0.25) is 0 Å². The molecule has 0 aliphatic carbocycles. The predicted octanol–water partition coefficient (Wildman–Crippen LogP) is 3.52. The van der Waals surface area contributed by atoms with E-state index in [0.717, 1.165) is 24.4 Å². The molecule has 0 spiro atoms. The van der Waals surface area contributed by atoms with Crippen LogP contribution in [0.25, 0.3) is 0 Å². The molecule has 1 aromatic carbocycles. The van der Waals surface area contributed by atoms with Gasteiger partial charge >= 0.3 is 0 Å². The fourth-order valence-corrected chi connectivity index (χ4v) is 2.54. The highest BCUT2D eigenvalue weighted by Crippen LogP contribution is 2.25. The van der Waals surface area contributed by atoms with Gasteiger partial charge in [0.25, 0.3) is 0 Å². The van der Waals surface area contributed by atoms with Gasteiger partial charge in [-0.25, -0.2) is 0 Å². The number of ether oxygens (including phenoxy) is 1. The van der Waals surface area contributed by atoms with E-state index in [0.29, 0.717) is 0 Å². The van der Waals surface area contributed by atoms with Gasteiger partial charge in [-0.3, -0.25) is 4.90 Å². The van der Waals surface area contributed by atoms with E-state index in [9.17, 15) is 5.26 Å². The largest absolute Gasteiger partial charge is 0.491 e. The molecule has 0 saturated carbocycles. The van der Waals surface area contributed by atoms with Crippen molar-refractivity contribution in [2.24, 2.45) is 0 Å². The van der Waals surface area contributed by atoms with Crippen LogP contribution < -0.4 is 4.74 Å². The Kier molecular flexibility index (Phi) is 4.81. The molecule has 1 aliphatic rings. The molecule has 1 aliphatic heterocycles. The summed E-state index contributed by atoms with van der Waals surface area (Å²) in [6, 6.07) is 10.3. The first kappa shape index (κ1) is 13.9. The highest BCUT2D eigenvalue weighted by molar-refractivity contribution is 5.31. The van der Waals surface area contributed by atoms with Gasteiger partial charge in [0.2, 0.25) is 0 Å². The summed E-state index contributed by atoms with van der Waals surface area (Å²) in [6.45, 7) is 6.09. The van der Waals surface area contributed by atoms with E-state index in [1.807, 2.05) is 38.1 Å². The van der Waals surface area contributed by atoms with Crippen LogP contribution in [0, 0.1) is 11.3 Å². The summed E-state index contributed by atoms with van der Waals surface area (Å²) in [4.78, 5) is 2.28. The Morgan fingerprint density at radius 2 is 1.74 bits per heavy atom. The van der Waals surface area contributed by atoms with Gasteiger partial charge in [-0.1, -0.05) is 18.6 Å². The third kappa shape index (κ3) is 3.71. The molecule has 1 heterocycles. The summed E-state index contributed by atoms with van der Waals surface area (Å²) in [7, 11) is 0. The first-order valence-electron chi connectivity index (χ1n) is 7.11. The van der Waals surface area contributed by atoms with E-state index >= 15 is 0 Å². The summed E-state index contributed by atoms with van der Waals surface area (Å²) >= 11 is 0. The average molecular weight is 258 g/mol. The zero-order chi connectivity index (χ0) is 13.7. The molecule has 2 rings (SSSR count). The van der Waals surface area contributed by atoms with Gasteiger partial charge in [-0.05, 0) is 57.5 Å². The summed E-state index contributed by atoms with van der Waals surface area (Å²) in [6.07, 6.45) is 3.87. The van der Waals surface area contributed by atoms with E-state index in [1.54, 1.807) is 0 Å². The smallest absolute Gasteiger partial charge is 0.123 e. The van der Waals surface area contributed by atoms with E-state index in [-0.39, 0.29) is 12.1 Å². The van der Waals surface area contributed by atoms with Crippen LogP contribution in [-0.4, -0.2) is 24.1 Å². The second kappa shape index (κ2) is 6.58. The maximum absolute atomic E-state index is 9.42. The minimum Gasteiger partial charge on any atom is -0.491 e. The lowest BCUT2D eigenvalue weighted by Gasteiger charge is -2.30. The number of piperidine rings is 1. The maximum Gasteiger partial charge on any atom is 0.123 e. The van der Waals surface area contributed by atoms with Crippen LogP contribution in [-0.2, 0) is 0 Å². The van der Waals surface area contributed by atoms with Crippen LogP contribution in [0.5, 0.6) is 5.75 Å². The predicted molar refractivity (Wildman–Crippen MR) is 76.0 cm³/mol. The monoisotopic (exact) mass is 258 g/mol. The van der Waals surface area contributed by atoms with Gasteiger partial charge in [0, 0.05) is 0 Å². The molecule has 3 heteroatoms. The van der Waals surface area contributed by atoms with Crippen LogP contribution in [0.15, 0.2) is 24.3 Å². The van der Waals surface area contributed by atoms with Crippen molar-refractivity contribution in [1.82, 2.24) is 4.90 Å². The number of benzene rings is 1. The Morgan fingerprint density at radius 1 is 1.11 bits per heavy atom. The fourth-order valence-electron chi connectivity index (χ4n) is 2.54. The minimum absolute atomic E-state index is 0.117. The summed E-state index contributed by atoms with van der Waals surface area (Å²) in [5.41, 5.74) is 1.07. The maximum atomic E-state index is 9.42. The molecule has 3 nitrogen and oxygen atoms in total. The zero-order valence-corrected chi connectivity index (χ0v) is 11.8. The van der Waals surface area contributed by atoms with Gasteiger partial charge < -0.3 is 4.74 Å². The molecule has 1 atom stereocenters. The van der Waals surface area contributed by atoms with Crippen molar-refractivity contribution in [2.45, 2.75) is 45.3 Å². The van der Waals surface area contributed by atoms with E-state index in [2.05, 4.69) is 11.0 Å². The standard InChI is InChI=1S/C16H22N2O/c1-13(2)19-15-8-6-14(7-9-15)16(12-17)18-10-4-3-5-11-18/h6-9,13,16H,3-5,10-11H2,1-2H3. The molecular weight excluding hydrogens is 236 g/mol. The lowest BCUT2D eigenvalue weighted by molar-refractivity contribution is 0.196. The van der Waals surface area contributed by atoms with Crippen LogP contribution in [0.3, 0.4) is 0 Å². The van der Waals surface area contributed by atoms with Crippen molar-refractivity contribution in [3.63, 3.8) is 0 Å². The first-order chi connectivity index (χ1) is 9.20. The van der Waals surface area contributed by atoms with Crippen LogP contribution >= 0.6 is 0 Å². The van der Waals surface area contributed by atoms with Crippen LogP contribution in [0.1, 0.15) is 44.7 Å². The Bertz CT molecular complexity index is 427. The SMILES string of the molecule is CC(C)Oc1ccc(C(C#N)N2CCCCC2)cc1. The molecule has 0 N–H and O–H groups in total. The normalized spacial score (nSPS) is 18.0. The Morgan fingerprint density at radius 3 is 2.26 bits per heavy atom. The second-order valence-electron chi connectivity index (χ2n) is 5.36. The number of nitriles is 1. The summed E-state index contributed by atoms with van der Waals surface area (Å²) in [5, 5.41) is 9.42. The lowest BCUT2D eigenvalue weighted by atomic mass is 10.0. The molecule has 1 unspecified atom stereocenters. The topological polar surface area (TPSA) is 36.3 Å². The zero-order valence-electron chi connectivity index (χ0n) is 11.8. The van der Waals surface area contributed by atoms with Gasteiger partial charge in [-0.15, -0.1) is 0 Å². The highest BCUT2D eigenvalue weighted by Gasteiger charge is 2.21. The van der Waals surface area contributed by atoms with Crippen molar-refractivity contribution in [3.05, 3.63) is 29.8 Å². The molecule has 102 valence electrons. The Labute approximate surface area is 115 Å². The molecular formula is C16H22N2O. The van der Waals surface area contributed by atoms with Gasteiger partial charge in [0.05, 0.1) is 12.2 Å². The molecule has 1 fully saturated rings. The Hall–Kier alpha value is -1.53. The van der Waals surface area contributed by atoms with Crippen LogP contribution in [0.4, 0.5) is 0 Å². The van der Waals surface area contributed by atoms with Gasteiger partial charge in [0.15, 0.2) is 0 Å². The molecule has 19 heavy (non-hydrogen) atoms. The van der Waals surface area contributed by atoms with E-state index in [4.69, 9.17) is 4.74 Å². The summed E-state index contributed by atoms with van der Waals surface area (Å²) < 4.78 is 5.63. The molecule has 0 aromatic heterocycles. The fraction of sp³-hybridized carbons (Fsp3) is 0.562. The molecule has 0 bridgehead atoms. The van der Waals surface area contributed by atoms with Crippen molar-refractivity contribution < 1.29 is 4.74 Å². The minimum atomic E-state index is -0.117. The van der Waals surface area contributed by atoms with E-state index < -0.39 is 0 Å². The van der Waals surface area contributed by atoms with Crippen molar-refractivity contribution in [3.8, 4) is 11.8 Å². The number of rotatable bonds is 4. The number of nitrogens with zero attached hydrogens (tertiary/aromatic N) is 2. The van der Waals surface area contributed by atoms with E-state index in [1.165, 1.54) is 19.3 Å². The first-order valence-corrected chi connectivity index (χ1v) is 7.11. The third-order valence-electron chi connectivity index (χ3n) is 3.45. The number of hydrogen-bond donors (Lipinski definition) is 0. The second-order valence-corrected chi connectivity index (χ2v) is 5.36.